The van der Waals surface area contributed by atoms with Crippen molar-refractivity contribution in [2.75, 3.05) is 11.9 Å². The maximum Gasteiger partial charge on any atom is 0.257 e. The molecule has 1 atom stereocenters. The molecular weight excluding hydrogens is 444 g/mol. The fourth-order valence-electron chi connectivity index (χ4n) is 3.79. The Morgan fingerprint density at radius 1 is 1.23 bits per heavy atom. The Kier molecular flexibility index (Phi) is 6.05. The van der Waals surface area contributed by atoms with E-state index in [0.717, 1.165) is 49.2 Å². The first-order chi connectivity index (χ1) is 14.8. The highest BCUT2D eigenvalue weighted by Crippen LogP contribution is 2.30. The molecule has 1 fully saturated rings. The van der Waals surface area contributed by atoms with Crippen molar-refractivity contribution < 1.29 is 22.0 Å². The number of nitrogens with one attached hydrogen (secondary N) is 1. The lowest BCUT2D eigenvalue weighted by atomic mass is 10.0. The Morgan fingerprint density at radius 2 is 1.97 bits per heavy atom. The summed E-state index contributed by atoms with van der Waals surface area (Å²) in [6.07, 6.45) is 3.46. The van der Waals surface area contributed by atoms with E-state index in [2.05, 4.69) is 10.3 Å². The maximum absolute atomic E-state index is 13.8. The average Bonchev–Trinajstić information content (AvgIpc) is 3.16. The van der Waals surface area contributed by atoms with Crippen LogP contribution in [0.25, 0.3) is 10.2 Å². The standard InChI is InChI=1S/C21H21F2N3O3S2/c1-2-15-5-3-4-10-26(15)31(28,29)16-8-6-13(7-9-16)20(27)25-21-24-19-17(23)11-14(22)12-18(19)30-21/h6-9,11-12,15H,2-5,10H2,1H3,(H,24,25,27)/t15-/m1/s1. The minimum Gasteiger partial charge on any atom is -0.298 e. The summed E-state index contributed by atoms with van der Waals surface area (Å²) in [5.74, 6) is -2.04. The topological polar surface area (TPSA) is 79.4 Å². The molecule has 0 radical (unpaired) electrons. The molecule has 0 spiro atoms. The van der Waals surface area contributed by atoms with E-state index in [-0.39, 0.29) is 31.8 Å². The minimum absolute atomic E-state index is 0.00834. The van der Waals surface area contributed by atoms with E-state index in [1.54, 1.807) is 4.31 Å². The lowest BCUT2D eigenvalue weighted by Crippen LogP contribution is -2.43. The highest BCUT2D eigenvalue weighted by atomic mass is 32.2. The van der Waals surface area contributed by atoms with Crippen LogP contribution in [0, 0.1) is 11.6 Å². The van der Waals surface area contributed by atoms with Gasteiger partial charge in [0.1, 0.15) is 11.3 Å². The van der Waals surface area contributed by atoms with Crippen LogP contribution in [-0.2, 0) is 10.0 Å². The first-order valence-corrected chi connectivity index (χ1v) is 12.2. The van der Waals surface area contributed by atoms with Crippen LogP contribution in [0.4, 0.5) is 13.9 Å². The van der Waals surface area contributed by atoms with Crippen molar-refractivity contribution in [1.82, 2.24) is 9.29 Å². The molecule has 1 N–H and O–H groups in total. The summed E-state index contributed by atoms with van der Waals surface area (Å²) in [7, 11) is -3.64. The van der Waals surface area contributed by atoms with Gasteiger partial charge >= 0.3 is 0 Å². The van der Waals surface area contributed by atoms with Crippen molar-refractivity contribution in [2.24, 2.45) is 0 Å². The lowest BCUT2D eigenvalue weighted by Gasteiger charge is -2.34. The van der Waals surface area contributed by atoms with Gasteiger partial charge in [0, 0.05) is 24.2 Å². The van der Waals surface area contributed by atoms with Crippen LogP contribution in [0.1, 0.15) is 43.0 Å². The number of hydrogen-bond acceptors (Lipinski definition) is 5. The Bertz CT molecular complexity index is 1230. The van der Waals surface area contributed by atoms with Gasteiger partial charge in [-0.15, -0.1) is 0 Å². The Hall–Kier alpha value is -2.43. The fourth-order valence-corrected chi connectivity index (χ4v) is 6.46. The molecular formula is C21H21F2N3O3S2. The third kappa shape index (κ3) is 4.32. The van der Waals surface area contributed by atoms with E-state index in [0.29, 0.717) is 6.54 Å². The smallest absolute Gasteiger partial charge is 0.257 e. The number of carbonyl (C=O) groups is 1. The number of sulfonamides is 1. The molecule has 4 rings (SSSR count). The predicted octanol–water partition coefficient (Wildman–Crippen LogP) is 4.78. The number of benzene rings is 2. The van der Waals surface area contributed by atoms with Gasteiger partial charge in [0.05, 0.1) is 9.60 Å². The molecule has 3 aromatic rings. The SMILES string of the molecule is CC[C@@H]1CCCCN1S(=O)(=O)c1ccc(C(=O)Nc2nc3c(F)cc(F)cc3s2)cc1. The van der Waals surface area contributed by atoms with Gasteiger partial charge in [-0.3, -0.25) is 10.1 Å². The Balaban J connectivity index is 1.52. The van der Waals surface area contributed by atoms with Crippen LogP contribution >= 0.6 is 11.3 Å². The van der Waals surface area contributed by atoms with Gasteiger partial charge in [0.25, 0.3) is 5.91 Å². The Labute approximate surface area is 183 Å². The van der Waals surface area contributed by atoms with Crippen LogP contribution in [0.2, 0.25) is 0 Å². The van der Waals surface area contributed by atoms with Crippen LogP contribution in [0.5, 0.6) is 0 Å². The van der Waals surface area contributed by atoms with Gasteiger partial charge in [0.15, 0.2) is 10.9 Å². The second kappa shape index (κ2) is 8.60. The van der Waals surface area contributed by atoms with Gasteiger partial charge in [0.2, 0.25) is 10.0 Å². The summed E-state index contributed by atoms with van der Waals surface area (Å²) in [6.45, 7) is 2.48. The second-order valence-electron chi connectivity index (χ2n) is 7.41. The second-order valence-corrected chi connectivity index (χ2v) is 10.3. The highest BCUT2D eigenvalue weighted by molar-refractivity contribution is 7.89. The number of rotatable bonds is 5. The summed E-state index contributed by atoms with van der Waals surface area (Å²) < 4.78 is 55.1. The summed E-state index contributed by atoms with van der Waals surface area (Å²) in [6, 6.07) is 7.57. The molecule has 0 bridgehead atoms. The van der Waals surface area contributed by atoms with E-state index in [1.807, 2.05) is 6.92 Å². The van der Waals surface area contributed by atoms with Gasteiger partial charge in [-0.25, -0.2) is 22.2 Å². The third-order valence-corrected chi connectivity index (χ3v) is 8.28. The van der Waals surface area contributed by atoms with Crippen LogP contribution in [0.3, 0.4) is 0 Å². The average molecular weight is 466 g/mol. The van der Waals surface area contributed by atoms with Gasteiger partial charge < -0.3 is 0 Å². The number of aromatic nitrogens is 1. The van der Waals surface area contributed by atoms with Gasteiger partial charge in [-0.1, -0.05) is 24.7 Å². The van der Waals surface area contributed by atoms with Crippen LogP contribution in [-0.4, -0.2) is 36.2 Å². The van der Waals surface area contributed by atoms with Crippen molar-refractivity contribution in [3.8, 4) is 0 Å². The van der Waals surface area contributed by atoms with E-state index in [1.165, 1.54) is 24.3 Å². The van der Waals surface area contributed by atoms with Gasteiger partial charge in [-0.05, 0) is 49.6 Å². The van der Waals surface area contributed by atoms with E-state index >= 15 is 0 Å². The number of hydrogen-bond donors (Lipinski definition) is 1. The normalized spacial score (nSPS) is 17.7. The zero-order valence-electron chi connectivity index (χ0n) is 16.8. The number of amides is 1. The number of piperidine rings is 1. The molecule has 164 valence electrons. The number of carbonyl (C=O) groups excluding carboxylic acids is 1. The van der Waals surface area contributed by atoms with Gasteiger partial charge in [-0.2, -0.15) is 4.31 Å². The maximum atomic E-state index is 13.8. The Morgan fingerprint density at radius 3 is 2.68 bits per heavy atom. The first kappa shape index (κ1) is 21.8. The summed E-state index contributed by atoms with van der Waals surface area (Å²) in [5.41, 5.74) is 0.214. The van der Waals surface area contributed by atoms with Crippen molar-refractivity contribution in [3.05, 3.63) is 53.6 Å². The molecule has 10 heteroatoms. The molecule has 1 amide bonds. The zero-order valence-corrected chi connectivity index (χ0v) is 18.4. The third-order valence-electron chi connectivity index (χ3n) is 5.40. The van der Waals surface area contributed by atoms with Crippen molar-refractivity contribution in [3.63, 3.8) is 0 Å². The summed E-state index contributed by atoms with van der Waals surface area (Å²) in [4.78, 5) is 16.7. The monoisotopic (exact) mass is 465 g/mol. The van der Waals surface area contributed by atoms with Crippen molar-refractivity contribution in [2.45, 2.75) is 43.5 Å². The lowest BCUT2D eigenvalue weighted by molar-refractivity contribution is 0.102. The molecule has 1 aliphatic rings. The van der Waals surface area contributed by atoms with E-state index < -0.39 is 27.6 Å². The van der Waals surface area contributed by atoms with Crippen molar-refractivity contribution in [1.29, 1.82) is 0 Å². The molecule has 0 unspecified atom stereocenters. The number of thiazole rings is 1. The van der Waals surface area contributed by atoms with Crippen molar-refractivity contribution >= 4 is 42.6 Å². The van der Waals surface area contributed by atoms with E-state index in [4.69, 9.17) is 0 Å². The molecule has 1 aliphatic heterocycles. The predicted molar refractivity (Wildman–Crippen MR) is 116 cm³/mol. The molecule has 6 nitrogen and oxygen atoms in total. The molecule has 1 aromatic heterocycles. The van der Waals surface area contributed by atoms with E-state index in [9.17, 15) is 22.0 Å². The summed E-state index contributed by atoms with van der Waals surface area (Å²) >= 11 is 0.952. The largest absolute Gasteiger partial charge is 0.298 e. The number of nitrogens with zero attached hydrogens (tertiary/aromatic N) is 2. The number of anilines is 1. The molecule has 2 aromatic carbocycles. The minimum atomic E-state index is -3.64. The van der Waals surface area contributed by atoms with Crippen LogP contribution in [0.15, 0.2) is 41.3 Å². The quantitative estimate of drug-likeness (QED) is 0.588. The number of fused-ring (bicyclic) bond motifs is 1. The summed E-state index contributed by atoms with van der Waals surface area (Å²) in [5, 5.41) is 2.68. The highest BCUT2D eigenvalue weighted by Gasteiger charge is 2.32. The first-order valence-electron chi connectivity index (χ1n) is 9.98. The fraction of sp³-hybridized carbons (Fsp3) is 0.333. The molecule has 31 heavy (non-hydrogen) atoms. The molecule has 2 heterocycles. The number of halogens is 2. The molecule has 0 aliphatic carbocycles. The molecule has 1 saturated heterocycles. The van der Waals surface area contributed by atoms with Crippen LogP contribution < -0.4 is 5.32 Å². The molecule has 0 saturated carbocycles. The zero-order chi connectivity index (χ0) is 22.2.